The molecule has 0 nitrogen and oxygen atoms in total. The highest BCUT2D eigenvalue weighted by Gasteiger charge is 2.12. The van der Waals surface area contributed by atoms with Crippen molar-refractivity contribution >= 4 is 0 Å². The minimum atomic E-state index is 0.879. The summed E-state index contributed by atoms with van der Waals surface area (Å²) >= 11 is 0. The molecular formula is C17H36. The average Bonchev–Trinajstić information content (AvgIpc) is 2.16. The first-order chi connectivity index (χ1) is 7.95. The van der Waals surface area contributed by atoms with E-state index in [4.69, 9.17) is 0 Å². The zero-order valence-corrected chi connectivity index (χ0v) is 13.3. The quantitative estimate of drug-likeness (QED) is 0.420. The van der Waals surface area contributed by atoms with Crippen LogP contribution in [0.5, 0.6) is 0 Å². The van der Waals surface area contributed by atoms with Crippen molar-refractivity contribution in [2.75, 3.05) is 0 Å². The van der Waals surface area contributed by atoms with Crippen LogP contribution in [0.1, 0.15) is 86.5 Å². The van der Waals surface area contributed by atoms with Gasteiger partial charge in [0.05, 0.1) is 0 Å². The van der Waals surface area contributed by atoms with Crippen molar-refractivity contribution in [3.8, 4) is 0 Å². The second-order valence-corrected chi connectivity index (χ2v) is 6.90. The molecule has 0 aromatic carbocycles. The summed E-state index contributed by atoms with van der Waals surface area (Å²) in [6.45, 7) is 14.3. The maximum absolute atomic E-state index is 2.45. The first-order valence-corrected chi connectivity index (χ1v) is 7.95. The van der Waals surface area contributed by atoms with Crippen LogP contribution in [-0.4, -0.2) is 0 Å². The van der Waals surface area contributed by atoms with Gasteiger partial charge in [0.15, 0.2) is 0 Å². The fourth-order valence-electron chi connectivity index (χ4n) is 3.07. The molecule has 0 heterocycles. The van der Waals surface area contributed by atoms with Gasteiger partial charge in [0.1, 0.15) is 0 Å². The molecule has 0 saturated carbocycles. The molecule has 0 N–H and O–H groups in total. The van der Waals surface area contributed by atoms with E-state index in [1.54, 1.807) is 0 Å². The third-order valence-corrected chi connectivity index (χ3v) is 3.87. The summed E-state index contributed by atoms with van der Waals surface area (Å²) in [5.74, 6) is 3.66. The van der Waals surface area contributed by atoms with Gasteiger partial charge in [-0.05, 0) is 36.5 Å². The van der Waals surface area contributed by atoms with Crippen LogP contribution in [0.25, 0.3) is 0 Å². The summed E-state index contributed by atoms with van der Waals surface area (Å²) in [4.78, 5) is 0. The molecule has 3 unspecified atom stereocenters. The third-order valence-electron chi connectivity index (χ3n) is 3.87. The van der Waals surface area contributed by atoms with E-state index in [0.29, 0.717) is 0 Å². The fraction of sp³-hybridized carbons (Fsp3) is 1.00. The maximum Gasteiger partial charge on any atom is -0.0438 e. The Morgan fingerprint density at radius 1 is 0.647 bits per heavy atom. The highest BCUT2D eigenvalue weighted by Crippen LogP contribution is 2.25. The SMILES string of the molecule is CCCC(C)CC(C)CC(C)CCCC(C)C. The van der Waals surface area contributed by atoms with Crippen molar-refractivity contribution in [1.82, 2.24) is 0 Å². The lowest BCUT2D eigenvalue weighted by Gasteiger charge is -2.20. The van der Waals surface area contributed by atoms with Crippen molar-refractivity contribution in [3.63, 3.8) is 0 Å². The Hall–Kier alpha value is 0. The van der Waals surface area contributed by atoms with Crippen molar-refractivity contribution in [2.45, 2.75) is 86.5 Å². The highest BCUT2D eigenvalue weighted by molar-refractivity contribution is 4.64. The average molecular weight is 240 g/mol. The largest absolute Gasteiger partial charge is 0.0654 e. The van der Waals surface area contributed by atoms with Gasteiger partial charge < -0.3 is 0 Å². The Morgan fingerprint density at radius 3 is 1.65 bits per heavy atom. The molecule has 0 aromatic heterocycles. The molecule has 0 aliphatic carbocycles. The Labute approximate surface area is 111 Å². The molecule has 0 aromatic rings. The molecule has 0 radical (unpaired) electrons. The van der Waals surface area contributed by atoms with Gasteiger partial charge in [0, 0.05) is 0 Å². The smallest absolute Gasteiger partial charge is 0.0438 e. The predicted octanol–water partition coefficient (Wildman–Crippen LogP) is 6.30. The molecule has 0 bridgehead atoms. The topological polar surface area (TPSA) is 0 Å². The van der Waals surface area contributed by atoms with Crippen LogP contribution >= 0.6 is 0 Å². The van der Waals surface area contributed by atoms with Crippen LogP contribution in [0.3, 0.4) is 0 Å². The zero-order chi connectivity index (χ0) is 13.3. The summed E-state index contributed by atoms with van der Waals surface area (Å²) in [6.07, 6.45) is 9.89. The van der Waals surface area contributed by atoms with Crippen molar-refractivity contribution < 1.29 is 0 Å². The molecule has 3 atom stereocenters. The van der Waals surface area contributed by atoms with Gasteiger partial charge in [-0.25, -0.2) is 0 Å². The molecule has 0 rings (SSSR count). The molecular weight excluding hydrogens is 204 g/mol. The fourth-order valence-corrected chi connectivity index (χ4v) is 3.07. The van der Waals surface area contributed by atoms with Gasteiger partial charge in [0.25, 0.3) is 0 Å². The molecule has 104 valence electrons. The second-order valence-electron chi connectivity index (χ2n) is 6.90. The van der Waals surface area contributed by atoms with Crippen molar-refractivity contribution in [2.24, 2.45) is 23.7 Å². The second kappa shape index (κ2) is 9.97. The molecule has 0 fully saturated rings. The van der Waals surface area contributed by atoms with E-state index < -0.39 is 0 Å². The minimum absolute atomic E-state index is 0.879. The maximum atomic E-state index is 2.45. The van der Waals surface area contributed by atoms with Crippen LogP contribution in [0.4, 0.5) is 0 Å². The van der Waals surface area contributed by atoms with E-state index in [1.165, 1.54) is 44.9 Å². The van der Waals surface area contributed by atoms with E-state index >= 15 is 0 Å². The number of hydrogen-bond acceptors (Lipinski definition) is 0. The van der Waals surface area contributed by atoms with Crippen LogP contribution < -0.4 is 0 Å². The molecule has 0 spiro atoms. The molecule has 0 heteroatoms. The predicted molar refractivity (Wildman–Crippen MR) is 80.3 cm³/mol. The molecule has 17 heavy (non-hydrogen) atoms. The molecule has 0 saturated heterocycles. The normalized spacial score (nSPS) is 17.1. The Morgan fingerprint density at radius 2 is 1.18 bits per heavy atom. The first-order valence-electron chi connectivity index (χ1n) is 7.95. The van der Waals surface area contributed by atoms with E-state index in [9.17, 15) is 0 Å². The van der Waals surface area contributed by atoms with Crippen molar-refractivity contribution in [3.05, 3.63) is 0 Å². The number of rotatable bonds is 10. The monoisotopic (exact) mass is 240 g/mol. The van der Waals surface area contributed by atoms with Crippen LogP contribution in [-0.2, 0) is 0 Å². The lowest BCUT2D eigenvalue weighted by molar-refractivity contribution is 0.316. The lowest BCUT2D eigenvalue weighted by atomic mass is 9.86. The standard InChI is InChI=1S/C17H36/c1-7-9-15(4)12-17(6)13-16(5)11-8-10-14(2)3/h14-17H,7-13H2,1-6H3. The van der Waals surface area contributed by atoms with Gasteiger partial charge in [-0.15, -0.1) is 0 Å². The van der Waals surface area contributed by atoms with Crippen LogP contribution in [0.15, 0.2) is 0 Å². The van der Waals surface area contributed by atoms with E-state index in [0.717, 1.165) is 23.7 Å². The van der Waals surface area contributed by atoms with Crippen LogP contribution in [0, 0.1) is 23.7 Å². The third kappa shape index (κ3) is 10.9. The first kappa shape index (κ1) is 17.0. The summed E-state index contributed by atoms with van der Waals surface area (Å²) < 4.78 is 0. The van der Waals surface area contributed by atoms with Crippen LogP contribution in [0.2, 0.25) is 0 Å². The number of hydrogen-bond donors (Lipinski definition) is 0. The Kier molecular flexibility index (Phi) is 9.97. The highest BCUT2D eigenvalue weighted by atomic mass is 14.2. The minimum Gasteiger partial charge on any atom is -0.0654 e. The lowest BCUT2D eigenvalue weighted by Crippen LogP contribution is -2.08. The molecule has 0 amide bonds. The van der Waals surface area contributed by atoms with Gasteiger partial charge >= 0.3 is 0 Å². The summed E-state index contributed by atoms with van der Waals surface area (Å²) in [7, 11) is 0. The van der Waals surface area contributed by atoms with Gasteiger partial charge in [-0.1, -0.05) is 73.6 Å². The van der Waals surface area contributed by atoms with Crippen molar-refractivity contribution in [1.29, 1.82) is 0 Å². The van der Waals surface area contributed by atoms with E-state index in [-0.39, 0.29) is 0 Å². The molecule has 0 aliphatic rings. The Bertz CT molecular complexity index is 159. The molecule has 0 aliphatic heterocycles. The summed E-state index contributed by atoms with van der Waals surface area (Å²) in [6, 6.07) is 0. The van der Waals surface area contributed by atoms with Gasteiger partial charge in [-0.3, -0.25) is 0 Å². The summed E-state index contributed by atoms with van der Waals surface area (Å²) in [5, 5.41) is 0. The van der Waals surface area contributed by atoms with E-state index in [2.05, 4.69) is 41.5 Å². The Balaban J connectivity index is 3.61. The van der Waals surface area contributed by atoms with Gasteiger partial charge in [0.2, 0.25) is 0 Å². The van der Waals surface area contributed by atoms with Gasteiger partial charge in [-0.2, -0.15) is 0 Å². The summed E-state index contributed by atoms with van der Waals surface area (Å²) in [5.41, 5.74) is 0. The zero-order valence-electron chi connectivity index (χ0n) is 13.3. The van der Waals surface area contributed by atoms with E-state index in [1.807, 2.05) is 0 Å².